The quantitative estimate of drug-likeness (QED) is 0.181. The number of aromatic nitrogens is 4. The summed E-state index contributed by atoms with van der Waals surface area (Å²) >= 11 is 0. The first-order valence-electron chi connectivity index (χ1n) is 17.7. The van der Waals surface area contributed by atoms with E-state index in [0.29, 0.717) is 23.2 Å². The second-order valence-corrected chi connectivity index (χ2v) is 13.4. The summed E-state index contributed by atoms with van der Waals surface area (Å²) in [6, 6.07) is 56.6. The van der Waals surface area contributed by atoms with Gasteiger partial charge in [0.25, 0.3) is 0 Å². The molecule has 0 saturated heterocycles. The number of benzene rings is 7. The van der Waals surface area contributed by atoms with E-state index in [2.05, 4.69) is 109 Å². The normalized spacial score (nSPS) is 11.8. The van der Waals surface area contributed by atoms with Crippen LogP contribution < -0.4 is 0 Å². The molecule has 11 rings (SSSR count). The van der Waals surface area contributed by atoms with Gasteiger partial charge >= 0.3 is 0 Å². The van der Waals surface area contributed by atoms with E-state index in [1.54, 1.807) is 0 Å². The predicted molar refractivity (Wildman–Crippen MR) is 214 cm³/mol. The minimum Gasteiger partial charge on any atom is -0.455 e. The Morgan fingerprint density at radius 3 is 1.62 bits per heavy atom. The molecule has 0 bridgehead atoms. The molecule has 246 valence electrons. The molecule has 0 unspecified atom stereocenters. The van der Waals surface area contributed by atoms with Crippen molar-refractivity contribution in [2.75, 3.05) is 0 Å². The third-order valence-corrected chi connectivity index (χ3v) is 10.4. The molecule has 53 heavy (non-hydrogen) atoms. The summed E-state index contributed by atoms with van der Waals surface area (Å²) in [6.07, 6.45) is 1.92. The molecule has 1 aliphatic carbocycles. The van der Waals surface area contributed by atoms with Gasteiger partial charge in [-0.3, -0.25) is 4.98 Å². The molecule has 3 aromatic heterocycles. The second kappa shape index (κ2) is 11.7. The van der Waals surface area contributed by atoms with Crippen molar-refractivity contribution in [2.45, 2.75) is 0 Å². The Bertz CT molecular complexity index is 3010. The number of furan rings is 1. The molecule has 0 N–H and O–H groups in total. The van der Waals surface area contributed by atoms with Gasteiger partial charge in [-0.15, -0.1) is 0 Å². The Kier molecular flexibility index (Phi) is 6.48. The van der Waals surface area contributed by atoms with E-state index >= 15 is 0 Å². The Balaban J connectivity index is 1.13. The van der Waals surface area contributed by atoms with E-state index in [4.69, 9.17) is 24.4 Å². The van der Waals surface area contributed by atoms with Crippen LogP contribution in [0, 0.1) is 0 Å². The summed E-state index contributed by atoms with van der Waals surface area (Å²) in [5.41, 5.74) is 13.3. The monoisotopic (exact) mass is 676 g/mol. The maximum Gasteiger partial charge on any atom is 0.183 e. The summed E-state index contributed by atoms with van der Waals surface area (Å²) in [5.74, 6) is 1.64. The fourth-order valence-electron chi connectivity index (χ4n) is 7.90. The van der Waals surface area contributed by atoms with Crippen molar-refractivity contribution < 1.29 is 4.42 Å². The molecular formula is C48H28N4O. The van der Waals surface area contributed by atoms with Crippen LogP contribution in [0.2, 0.25) is 0 Å². The van der Waals surface area contributed by atoms with Crippen LogP contribution in [0.5, 0.6) is 0 Å². The number of para-hydroxylation sites is 1. The largest absolute Gasteiger partial charge is 0.455 e. The number of nitrogens with zero attached hydrogens (tertiary/aromatic N) is 4. The van der Waals surface area contributed by atoms with Gasteiger partial charge in [0.05, 0.1) is 5.39 Å². The minimum absolute atomic E-state index is 0.486. The summed E-state index contributed by atoms with van der Waals surface area (Å²) < 4.78 is 6.76. The molecule has 0 atom stereocenters. The SMILES string of the molecule is c1ccc(-c2ccc(-c3nc(-c4ccccc4)nc(-c4ncc(-c5ccc6c7c(cccc57)-c5ccccc5-6)c5oc6ccccc6c45)n3)cc2)cc1. The van der Waals surface area contributed by atoms with Crippen molar-refractivity contribution in [3.63, 3.8) is 0 Å². The van der Waals surface area contributed by atoms with E-state index < -0.39 is 0 Å². The third-order valence-electron chi connectivity index (χ3n) is 10.4. The van der Waals surface area contributed by atoms with Crippen molar-refractivity contribution >= 4 is 32.7 Å². The first kappa shape index (κ1) is 29.5. The first-order valence-corrected chi connectivity index (χ1v) is 17.7. The number of hydrogen-bond donors (Lipinski definition) is 0. The van der Waals surface area contributed by atoms with Gasteiger partial charge < -0.3 is 4.42 Å². The summed E-state index contributed by atoms with van der Waals surface area (Å²) in [4.78, 5) is 20.4. The van der Waals surface area contributed by atoms with Gasteiger partial charge in [-0.1, -0.05) is 158 Å². The highest BCUT2D eigenvalue weighted by molar-refractivity contribution is 6.21. The lowest BCUT2D eigenvalue weighted by atomic mass is 9.94. The molecule has 0 radical (unpaired) electrons. The molecule has 7 aromatic carbocycles. The van der Waals surface area contributed by atoms with E-state index in [0.717, 1.165) is 55.3 Å². The van der Waals surface area contributed by atoms with Crippen molar-refractivity contribution in [3.8, 4) is 78.8 Å². The van der Waals surface area contributed by atoms with Crippen LogP contribution in [-0.2, 0) is 0 Å². The molecule has 0 amide bonds. The summed E-state index contributed by atoms with van der Waals surface area (Å²) in [6.45, 7) is 0. The molecule has 10 aromatic rings. The van der Waals surface area contributed by atoms with Gasteiger partial charge in [0, 0.05) is 28.3 Å². The van der Waals surface area contributed by atoms with E-state index in [1.165, 1.54) is 33.0 Å². The molecule has 0 saturated carbocycles. The van der Waals surface area contributed by atoms with Crippen LogP contribution in [-0.4, -0.2) is 19.9 Å². The average Bonchev–Trinajstić information content (AvgIpc) is 3.79. The maximum atomic E-state index is 6.76. The standard InChI is InChI=1S/C48H28N4O/c1-3-12-29(13-4-1)30-22-24-32(25-23-30)47-50-46(31-14-5-2-6-15-31)51-48(52-47)44-43-39-18-9-10-21-41(39)53-45(43)40(28-49-44)35-26-27-38-34-17-8-7-16-33(34)36-19-11-20-37(35)42(36)38/h1-28H. The smallest absolute Gasteiger partial charge is 0.183 e. The zero-order valence-corrected chi connectivity index (χ0v) is 28.4. The molecular weight excluding hydrogens is 649 g/mol. The van der Waals surface area contributed by atoms with Crippen LogP contribution in [0.3, 0.4) is 0 Å². The molecule has 5 heteroatoms. The second-order valence-electron chi connectivity index (χ2n) is 13.4. The fourth-order valence-corrected chi connectivity index (χ4v) is 7.90. The highest BCUT2D eigenvalue weighted by Gasteiger charge is 2.26. The highest BCUT2D eigenvalue weighted by Crippen LogP contribution is 2.50. The van der Waals surface area contributed by atoms with E-state index in [1.807, 2.05) is 60.8 Å². The average molecular weight is 677 g/mol. The van der Waals surface area contributed by atoms with Crippen molar-refractivity contribution in [1.82, 2.24) is 19.9 Å². The van der Waals surface area contributed by atoms with Gasteiger partial charge in [-0.2, -0.15) is 0 Å². The Morgan fingerprint density at radius 2 is 0.868 bits per heavy atom. The predicted octanol–water partition coefficient (Wildman–Crippen LogP) is 12.3. The molecule has 1 aliphatic rings. The van der Waals surface area contributed by atoms with Gasteiger partial charge in [0.15, 0.2) is 17.5 Å². The van der Waals surface area contributed by atoms with Crippen LogP contribution >= 0.6 is 0 Å². The van der Waals surface area contributed by atoms with Gasteiger partial charge in [-0.25, -0.2) is 15.0 Å². The molecule has 0 fully saturated rings. The summed E-state index contributed by atoms with van der Waals surface area (Å²) in [5, 5.41) is 4.26. The van der Waals surface area contributed by atoms with Crippen LogP contribution in [0.15, 0.2) is 174 Å². The summed E-state index contributed by atoms with van der Waals surface area (Å²) in [7, 11) is 0. The number of fused-ring (bicyclic) bond motifs is 6. The van der Waals surface area contributed by atoms with Gasteiger partial charge in [0.2, 0.25) is 0 Å². The van der Waals surface area contributed by atoms with Gasteiger partial charge in [0.1, 0.15) is 16.9 Å². The maximum absolute atomic E-state index is 6.76. The third kappa shape index (κ3) is 4.64. The lowest BCUT2D eigenvalue weighted by molar-refractivity contribution is 0.669. The first-order chi connectivity index (χ1) is 26.3. The van der Waals surface area contributed by atoms with Crippen LogP contribution in [0.25, 0.3) is 112 Å². The molecule has 0 spiro atoms. The number of rotatable bonds is 5. The van der Waals surface area contributed by atoms with Crippen molar-refractivity contribution in [3.05, 3.63) is 170 Å². The van der Waals surface area contributed by atoms with Crippen molar-refractivity contribution in [2.24, 2.45) is 0 Å². The Labute approximate surface area is 304 Å². The number of hydrogen-bond acceptors (Lipinski definition) is 5. The lowest BCUT2D eigenvalue weighted by Gasteiger charge is -2.12. The highest BCUT2D eigenvalue weighted by atomic mass is 16.3. The van der Waals surface area contributed by atoms with Crippen molar-refractivity contribution in [1.29, 1.82) is 0 Å². The molecule has 0 aliphatic heterocycles. The van der Waals surface area contributed by atoms with E-state index in [9.17, 15) is 0 Å². The van der Waals surface area contributed by atoms with Crippen LogP contribution in [0.1, 0.15) is 0 Å². The van der Waals surface area contributed by atoms with Crippen LogP contribution in [0.4, 0.5) is 0 Å². The Hall–Kier alpha value is -7.24. The number of pyridine rings is 1. The molecule has 3 heterocycles. The minimum atomic E-state index is 0.486. The lowest BCUT2D eigenvalue weighted by Crippen LogP contribution is -2.02. The topological polar surface area (TPSA) is 64.7 Å². The fraction of sp³-hybridized carbons (Fsp3) is 0. The van der Waals surface area contributed by atoms with Gasteiger partial charge in [-0.05, 0) is 55.8 Å². The Morgan fingerprint density at radius 1 is 0.340 bits per heavy atom. The zero-order chi connectivity index (χ0) is 34.9. The zero-order valence-electron chi connectivity index (χ0n) is 28.4. The molecule has 5 nitrogen and oxygen atoms in total. The van der Waals surface area contributed by atoms with E-state index in [-0.39, 0.29) is 0 Å².